The molecule has 50 heavy (non-hydrogen) atoms. The maximum Gasteiger partial charge on any atom is 0.416 e. The number of nitriles is 1. The molecule has 0 radical (unpaired) electrons. The summed E-state index contributed by atoms with van der Waals surface area (Å²) < 4.78 is 88.8. The van der Waals surface area contributed by atoms with Gasteiger partial charge in [-0.05, 0) is 79.1 Å². The summed E-state index contributed by atoms with van der Waals surface area (Å²) in [6, 6.07) is 33.6. The fraction of sp³-hybridized carbons (Fsp3) is 0.0976. The van der Waals surface area contributed by atoms with Gasteiger partial charge in [0.25, 0.3) is 0 Å². The lowest BCUT2D eigenvalue weighted by Crippen LogP contribution is -2.12. The molecule has 8 rings (SSSR count). The molecule has 8 aromatic rings. The number of nitrogens with zero attached hydrogens (tertiary/aromatic N) is 3. The number of hydrogen-bond acceptors (Lipinski definition) is 1. The molecule has 0 bridgehead atoms. The second-order valence-electron chi connectivity index (χ2n) is 12.4. The van der Waals surface area contributed by atoms with Crippen LogP contribution in [-0.2, 0) is 12.4 Å². The monoisotopic (exact) mass is 673 g/mol. The molecular formula is C41H25F6N3. The first-order valence-electron chi connectivity index (χ1n) is 15.7. The number of alkyl halides is 6. The number of aryl methyl sites for hydroxylation is 2. The van der Waals surface area contributed by atoms with E-state index in [0.717, 1.165) is 55.8 Å². The molecule has 0 saturated carbocycles. The van der Waals surface area contributed by atoms with E-state index in [4.69, 9.17) is 0 Å². The molecule has 246 valence electrons. The summed E-state index contributed by atoms with van der Waals surface area (Å²) >= 11 is 0. The third kappa shape index (κ3) is 4.66. The normalized spacial score (nSPS) is 12.4. The first kappa shape index (κ1) is 31.3. The van der Waals surface area contributed by atoms with E-state index in [0.29, 0.717) is 16.7 Å². The van der Waals surface area contributed by atoms with Crippen LogP contribution in [0, 0.1) is 25.2 Å². The van der Waals surface area contributed by atoms with Crippen LogP contribution in [0.2, 0.25) is 0 Å². The van der Waals surface area contributed by atoms with Crippen molar-refractivity contribution < 1.29 is 26.3 Å². The van der Waals surface area contributed by atoms with Crippen molar-refractivity contribution in [3.8, 4) is 28.6 Å². The smallest absolute Gasteiger partial charge is 0.308 e. The fourth-order valence-corrected chi connectivity index (χ4v) is 7.35. The Morgan fingerprint density at radius 2 is 1.02 bits per heavy atom. The summed E-state index contributed by atoms with van der Waals surface area (Å²) in [5, 5.41) is 14.7. The van der Waals surface area contributed by atoms with E-state index in [1.165, 1.54) is 6.07 Å². The molecule has 0 fully saturated rings. The minimum atomic E-state index is -5.06. The minimum absolute atomic E-state index is 0.0445. The largest absolute Gasteiger partial charge is 0.416 e. The Morgan fingerprint density at radius 1 is 0.540 bits per heavy atom. The molecule has 0 aliphatic rings. The Balaban J connectivity index is 1.59. The Hall–Kier alpha value is -6.01. The summed E-state index contributed by atoms with van der Waals surface area (Å²) in [7, 11) is 0. The predicted octanol–water partition coefficient (Wildman–Crippen LogP) is 12.1. The van der Waals surface area contributed by atoms with E-state index in [9.17, 15) is 31.6 Å². The molecule has 0 aliphatic carbocycles. The number of aromatic nitrogens is 2. The van der Waals surface area contributed by atoms with Crippen molar-refractivity contribution in [1.82, 2.24) is 9.13 Å². The summed E-state index contributed by atoms with van der Waals surface area (Å²) in [5.74, 6) is 0. The van der Waals surface area contributed by atoms with Crippen LogP contribution < -0.4 is 0 Å². The van der Waals surface area contributed by atoms with Crippen LogP contribution in [-0.4, -0.2) is 9.13 Å². The molecule has 9 heteroatoms. The summed E-state index contributed by atoms with van der Waals surface area (Å²) in [6.45, 7) is 3.93. The molecule has 0 spiro atoms. The van der Waals surface area contributed by atoms with E-state index >= 15 is 0 Å². The van der Waals surface area contributed by atoms with Crippen molar-refractivity contribution in [1.29, 1.82) is 5.26 Å². The minimum Gasteiger partial charge on any atom is -0.308 e. The van der Waals surface area contributed by atoms with Crippen LogP contribution in [0.5, 0.6) is 0 Å². The van der Waals surface area contributed by atoms with Gasteiger partial charge in [0, 0.05) is 27.1 Å². The van der Waals surface area contributed by atoms with Gasteiger partial charge in [-0.25, -0.2) is 0 Å². The SMILES string of the molecule is Cc1cccc2c1c1ccccc1n2-c1ccc(-c2cc(C(F)(F)F)cc(C(F)(F)F)c2)c(-n2c3ccccc3c3c(C)cccc32)c1C#N. The maximum atomic E-state index is 14.2. The van der Waals surface area contributed by atoms with Crippen LogP contribution in [0.15, 0.2) is 115 Å². The van der Waals surface area contributed by atoms with Gasteiger partial charge in [0.15, 0.2) is 0 Å². The van der Waals surface area contributed by atoms with E-state index in [-0.39, 0.29) is 28.4 Å². The lowest BCUT2D eigenvalue weighted by molar-refractivity contribution is -0.143. The van der Waals surface area contributed by atoms with Crippen molar-refractivity contribution in [3.05, 3.63) is 143 Å². The van der Waals surface area contributed by atoms with Crippen LogP contribution in [0.3, 0.4) is 0 Å². The Morgan fingerprint density at radius 3 is 1.54 bits per heavy atom. The second kappa shape index (κ2) is 11.0. The van der Waals surface area contributed by atoms with Crippen LogP contribution >= 0.6 is 0 Å². The van der Waals surface area contributed by atoms with Crippen LogP contribution in [0.25, 0.3) is 66.1 Å². The number of rotatable bonds is 3. The van der Waals surface area contributed by atoms with Crippen LogP contribution in [0.4, 0.5) is 26.3 Å². The number of hydrogen-bond donors (Lipinski definition) is 0. The Labute approximate surface area is 281 Å². The highest BCUT2D eigenvalue weighted by Crippen LogP contribution is 2.45. The van der Waals surface area contributed by atoms with Gasteiger partial charge < -0.3 is 9.13 Å². The third-order valence-electron chi connectivity index (χ3n) is 9.44. The zero-order valence-corrected chi connectivity index (χ0v) is 26.6. The molecule has 0 N–H and O–H groups in total. The fourth-order valence-electron chi connectivity index (χ4n) is 7.35. The molecule has 0 atom stereocenters. The van der Waals surface area contributed by atoms with Gasteiger partial charge in [0.1, 0.15) is 11.6 Å². The molecule has 0 unspecified atom stereocenters. The van der Waals surface area contributed by atoms with Crippen molar-refractivity contribution in [2.45, 2.75) is 26.2 Å². The first-order valence-corrected chi connectivity index (χ1v) is 15.7. The quantitative estimate of drug-likeness (QED) is 0.172. The molecule has 2 heterocycles. The van der Waals surface area contributed by atoms with Crippen LogP contribution in [0.1, 0.15) is 27.8 Å². The molecular weight excluding hydrogens is 648 g/mol. The lowest BCUT2D eigenvalue weighted by atomic mass is 9.94. The summed E-state index contributed by atoms with van der Waals surface area (Å²) in [4.78, 5) is 0. The standard InChI is InChI=1S/C41H25F6N3/c1-23-9-7-15-35-37(23)29-11-3-5-13-32(29)49(35)34-18-17-28(25-19-26(40(42,43)44)21-27(20-25)41(45,46)47)39(31(34)22-48)50-33-14-6-4-12-30(33)38-24(2)10-8-16-36(38)50/h3-21H,1-2H3. The highest BCUT2D eigenvalue weighted by molar-refractivity contribution is 6.13. The molecule has 3 nitrogen and oxygen atoms in total. The number of fused-ring (bicyclic) bond motifs is 6. The lowest BCUT2D eigenvalue weighted by Gasteiger charge is -2.21. The van der Waals surface area contributed by atoms with E-state index in [1.807, 2.05) is 103 Å². The van der Waals surface area contributed by atoms with Gasteiger partial charge in [-0.3, -0.25) is 0 Å². The highest BCUT2D eigenvalue weighted by atomic mass is 19.4. The van der Waals surface area contributed by atoms with Gasteiger partial charge in [-0.15, -0.1) is 0 Å². The third-order valence-corrected chi connectivity index (χ3v) is 9.44. The van der Waals surface area contributed by atoms with Gasteiger partial charge in [-0.1, -0.05) is 66.7 Å². The van der Waals surface area contributed by atoms with Gasteiger partial charge in [0.05, 0.1) is 44.6 Å². The summed E-state index contributed by atoms with van der Waals surface area (Å²) in [6.07, 6.45) is -10.1. The molecule has 2 aromatic heterocycles. The zero-order valence-electron chi connectivity index (χ0n) is 26.6. The maximum absolute atomic E-state index is 14.2. The van der Waals surface area contributed by atoms with Gasteiger partial charge >= 0.3 is 12.4 Å². The Bertz CT molecular complexity index is 2690. The summed E-state index contributed by atoms with van der Waals surface area (Å²) in [5.41, 5.74) is 2.37. The van der Waals surface area contributed by atoms with E-state index in [2.05, 4.69) is 6.07 Å². The number of para-hydroxylation sites is 2. The van der Waals surface area contributed by atoms with E-state index < -0.39 is 23.5 Å². The predicted molar refractivity (Wildman–Crippen MR) is 185 cm³/mol. The molecule has 6 aromatic carbocycles. The Kier molecular flexibility index (Phi) is 6.88. The highest BCUT2D eigenvalue weighted by Gasteiger charge is 2.37. The van der Waals surface area contributed by atoms with Crippen molar-refractivity contribution in [2.24, 2.45) is 0 Å². The van der Waals surface area contributed by atoms with Crippen molar-refractivity contribution >= 4 is 43.6 Å². The van der Waals surface area contributed by atoms with Crippen molar-refractivity contribution in [3.63, 3.8) is 0 Å². The topological polar surface area (TPSA) is 33.6 Å². The molecule has 0 amide bonds. The first-order chi connectivity index (χ1) is 23.9. The molecule has 0 aliphatic heterocycles. The average molecular weight is 674 g/mol. The van der Waals surface area contributed by atoms with Gasteiger partial charge in [-0.2, -0.15) is 31.6 Å². The molecule has 0 saturated heterocycles. The number of halogens is 6. The number of benzene rings is 6. The van der Waals surface area contributed by atoms with Crippen molar-refractivity contribution in [2.75, 3.05) is 0 Å². The second-order valence-corrected chi connectivity index (χ2v) is 12.4. The average Bonchev–Trinajstić information content (AvgIpc) is 3.61. The van der Waals surface area contributed by atoms with Gasteiger partial charge in [0.2, 0.25) is 0 Å². The van der Waals surface area contributed by atoms with E-state index in [1.54, 1.807) is 10.6 Å². The zero-order chi connectivity index (χ0) is 35.1.